The van der Waals surface area contributed by atoms with Gasteiger partial charge < -0.3 is 5.32 Å². The highest BCUT2D eigenvalue weighted by Crippen LogP contribution is 2.18. The zero-order chi connectivity index (χ0) is 17.1. The maximum Gasteiger partial charge on any atom is 0.0308 e. The predicted molar refractivity (Wildman–Crippen MR) is 130 cm³/mol. The van der Waals surface area contributed by atoms with Crippen LogP contribution in [0.5, 0.6) is 0 Å². The Balaban J connectivity index is 0. The summed E-state index contributed by atoms with van der Waals surface area (Å²) in [6.45, 7) is 6.75. The van der Waals surface area contributed by atoms with E-state index >= 15 is 0 Å². The van der Waals surface area contributed by atoms with Crippen molar-refractivity contribution in [2.45, 2.75) is 52.9 Å². The van der Waals surface area contributed by atoms with Crippen LogP contribution in [-0.4, -0.2) is 13.1 Å². The van der Waals surface area contributed by atoms with E-state index in [1.807, 2.05) is 24.3 Å². The van der Waals surface area contributed by atoms with Crippen molar-refractivity contribution in [2.24, 2.45) is 0 Å². The van der Waals surface area contributed by atoms with Crippen LogP contribution in [0.4, 0.5) is 0 Å². The molecular weight excluding hydrogens is 505 g/mol. The number of halogens is 2. The highest BCUT2D eigenvalue weighted by Gasteiger charge is 1.93. The molecule has 0 radical (unpaired) electrons. The Bertz CT molecular complexity index is 553. The first-order valence-corrected chi connectivity index (χ1v) is 10.2. The third-order valence-electron chi connectivity index (χ3n) is 3.37. The third-order valence-corrected chi connectivity index (χ3v) is 5.97. The monoisotopic (exact) mass is 537 g/mol. The van der Waals surface area contributed by atoms with E-state index in [2.05, 4.69) is 88.5 Å². The zero-order valence-electron chi connectivity index (χ0n) is 13.8. The normalized spacial score (nSPS) is 12.2. The molecule has 1 N–H and O–H groups in total. The standard InChI is InChI=1S/C8H9I.C6H5BrS.C5H11N.2CH4/c1-6-3-4-8(9)7(2)5-6;7-5-3-1-2-4-6(5)8;1-2-4-6-5-3-1;;/h3-5H,1-2H3;1-4,8H;6H,1-5H2;2*1H4. The Labute approximate surface area is 183 Å². The Morgan fingerprint density at radius 1 is 0.960 bits per heavy atom. The van der Waals surface area contributed by atoms with Crippen molar-refractivity contribution in [1.82, 2.24) is 5.32 Å². The van der Waals surface area contributed by atoms with Crippen LogP contribution in [0.2, 0.25) is 0 Å². The second-order valence-corrected chi connectivity index (χ2v) is 8.01. The lowest BCUT2D eigenvalue weighted by Gasteiger charge is -2.08. The van der Waals surface area contributed by atoms with Crippen molar-refractivity contribution >= 4 is 51.1 Å². The highest BCUT2D eigenvalue weighted by molar-refractivity contribution is 14.1. The first-order chi connectivity index (χ1) is 11.0. The molecule has 0 aromatic heterocycles. The lowest BCUT2D eigenvalue weighted by molar-refractivity contribution is 0.520. The SMILES string of the molecule is C.C.C1CCNCC1.Cc1ccc(I)c(C)c1.Sc1ccccc1Br. The fourth-order valence-corrected chi connectivity index (χ4v) is 2.83. The quantitative estimate of drug-likeness (QED) is 0.259. The number of aryl methyl sites for hydroxylation is 2. The van der Waals surface area contributed by atoms with E-state index in [0.717, 1.165) is 9.37 Å². The van der Waals surface area contributed by atoms with Crippen LogP contribution in [0.3, 0.4) is 0 Å². The molecule has 0 amide bonds. The van der Waals surface area contributed by atoms with Crippen LogP contribution in [-0.2, 0) is 0 Å². The Kier molecular flexibility index (Phi) is 17.6. The van der Waals surface area contributed by atoms with Gasteiger partial charge in [-0.1, -0.05) is 51.1 Å². The van der Waals surface area contributed by atoms with Crippen LogP contribution in [0, 0.1) is 17.4 Å². The average Bonchev–Trinajstić information content (AvgIpc) is 2.57. The van der Waals surface area contributed by atoms with Crippen molar-refractivity contribution in [1.29, 1.82) is 0 Å². The van der Waals surface area contributed by atoms with E-state index in [1.165, 1.54) is 47.0 Å². The van der Waals surface area contributed by atoms with E-state index in [0.29, 0.717) is 0 Å². The predicted octanol–water partition coefficient (Wildman–Crippen LogP) is 7.68. The van der Waals surface area contributed by atoms with Gasteiger partial charge in [0.1, 0.15) is 0 Å². The first kappa shape index (κ1) is 27.2. The van der Waals surface area contributed by atoms with Gasteiger partial charge in [0, 0.05) is 12.9 Å². The molecule has 2 aromatic rings. The van der Waals surface area contributed by atoms with E-state index in [-0.39, 0.29) is 14.9 Å². The van der Waals surface area contributed by atoms with Crippen LogP contribution in [0.1, 0.15) is 45.2 Å². The zero-order valence-corrected chi connectivity index (χ0v) is 18.4. The summed E-state index contributed by atoms with van der Waals surface area (Å²) in [7, 11) is 0. The fraction of sp³-hybridized carbons (Fsp3) is 0.429. The van der Waals surface area contributed by atoms with Gasteiger partial charge >= 0.3 is 0 Å². The van der Waals surface area contributed by atoms with Gasteiger partial charge in [-0.25, -0.2) is 0 Å². The maximum absolute atomic E-state index is 4.15. The number of hydrogen-bond acceptors (Lipinski definition) is 2. The van der Waals surface area contributed by atoms with Crippen molar-refractivity contribution in [3.63, 3.8) is 0 Å². The molecule has 1 heterocycles. The molecule has 4 heteroatoms. The largest absolute Gasteiger partial charge is 0.317 e. The number of thiol groups is 1. The average molecular weight is 538 g/mol. The summed E-state index contributed by atoms with van der Waals surface area (Å²) in [5, 5.41) is 3.28. The van der Waals surface area contributed by atoms with Gasteiger partial charge in [-0.05, 0) is 102 Å². The highest BCUT2D eigenvalue weighted by atomic mass is 127. The summed E-state index contributed by atoms with van der Waals surface area (Å²) in [6, 6.07) is 14.3. The Hall–Kier alpha value is -0.0400. The number of benzene rings is 2. The molecule has 1 nitrogen and oxygen atoms in total. The number of piperidine rings is 1. The molecule has 1 aliphatic heterocycles. The molecule has 0 bridgehead atoms. The van der Waals surface area contributed by atoms with Crippen molar-refractivity contribution in [3.8, 4) is 0 Å². The summed E-state index contributed by atoms with van der Waals surface area (Å²) in [4.78, 5) is 0.979. The molecule has 25 heavy (non-hydrogen) atoms. The first-order valence-electron chi connectivity index (χ1n) is 7.87. The van der Waals surface area contributed by atoms with Gasteiger partial charge in [-0.2, -0.15) is 0 Å². The van der Waals surface area contributed by atoms with E-state index in [9.17, 15) is 0 Å². The number of hydrogen-bond donors (Lipinski definition) is 2. The van der Waals surface area contributed by atoms with Crippen LogP contribution < -0.4 is 5.32 Å². The van der Waals surface area contributed by atoms with Crippen LogP contribution in [0.25, 0.3) is 0 Å². The topological polar surface area (TPSA) is 12.0 Å². The molecule has 0 saturated carbocycles. The second-order valence-electron chi connectivity index (χ2n) is 5.51. The van der Waals surface area contributed by atoms with E-state index in [1.54, 1.807) is 0 Å². The molecule has 0 spiro atoms. The third kappa shape index (κ3) is 12.9. The summed E-state index contributed by atoms with van der Waals surface area (Å²) in [5.74, 6) is 0. The Morgan fingerprint density at radius 2 is 1.56 bits per heavy atom. The maximum atomic E-state index is 4.15. The summed E-state index contributed by atoms with van der Waals surface area (Å²) in [6.07, 6.45) is 4.22. The molecular formula is C21H33BrINS. The molecule has 1 fully saturated rings. The number of nitrogens with one attached hydrogen (secondary N) is 1. The molecule has 2 aromatic carbocycles. The molecule has 142 valence electrons. The fourth-order valence-electron chi connectivity index (χ4n) is 2.05. The second kappa shape index (κ2) is 16.2. The molecule has 1 saturated heterocycles. The van der Waals surface area contributed by atoms with E-state index in [4.69, 9.17) is 0 Å². The number of rotatable bonds is 0. The van der Waals surface area contributed by atoms with Gasteiger partial charge in [0.05, 0.1) is 0 Å². The molecule has 1 aliphatic rings. The lowest BCUT2D eigenvalue weighted by atomic mass is 10.2. The van der Waals surface area contributed by atoms with Gasteiger partial charge in [-0.15, -0.1) is 12.6 Å². The molecule has 0 atom stereocenters. The van der Waals surface area contributed by atoms with Gasteiger partial charge in [0.2, 0.25) is 0 Å². The molecule has 3 rings (SSSR count). The van der Waals surface area contributed by atoms with Crippen LogP contribution in [0.15, 0.2) is 51.8 Å². The van der Waals surface area contributed by atoms with Crippen LogP contribution >= 0.6 is 51.1 Å². The van der Waals surface area contributed by atoms with Gasteiger partial charge in [0.25, 0.3) is 0 Å². The Morgan fingerprint density at radius 3 is 1.88 bits per heavy atom. The van der Waals surface area contributed by atoms with E-state index < -0.39 is 0 Å². The minimum Gasteiger partial charge on any atom is -0.317 e. The van der Waals surface area contributed by atoms with Crippen molar-refractivity contribution in [3.05, 3.63) is 61.6 Å². The molecule has 0 unspecified atom stereocenters. The minimum atomic E-state index is 0. The lowest BCUT2D eigenvalue weighted by Crippen LogP contribution is -2.21. The smallest absolute Gasteiger partial charge is 0.0308 e. The van der Waals surface area contributed by atoms with Gasteiger partial charge in [-0.3, -0.25) is 0 Å². The summed E-state index contributed by atoms with van der Waals surface area (Å²) in [5.41, 5.74) is 2.71. The van der Waals surface area contributed by atoms with Crippen molar-refractivity contribution in [2.75, 3.05) is 13.1 Å². The summed E-state index contributed by atoms with van der Waals surface area (Å²) >= 11 is 9.81. The minimum absolute atomic E-state index is 0. The van der Waals surface area contributed by atoms with Crippen molar-refractivity contribution < 1.29 is 0 Å². The molecule has 0 aliphatic carbocycles. The van der Waals surface area contributed by atoms with Gasteiger partial charge in [0.15, 0.2) is 0 Å². The summed E-state index contributed by atoms with van der Waals surface area (Å²) < 4.78 is 2.39.